The van der Waals surface area contributed by atoms with Crippen LogP contribution in [0.15, 0.2) is 39.6 Å². The summed E-state index contributed by atoms with van der Waals surface area (Å²) in [6.07, 6.45) is 1.44. The van der Waals surface area contributed by atoms with Gasteiger partial charge in [0.2, 0.25) is 0 Å². The number of carbonyl (C=O) groups excluding carboxylic acids is 1. The fourth-order valence-corrected chi connectivity index (χ4v) is 4.10. The van der Waals surface area contributed by atoms with Gasteiger partial charge in [-0.15, -0.1) is 0 Å². The number of aryl methyl sites for hydroxylation is 2. The third-order valence-corrected chi connectivity index (χ3v) is 6.00. The van der Waals surface area contributed by atoms with Gasteiger partial charge in [-0.05, 0) is 31.2 Å². The molecule has 0 spiro atoms. The number of hydrogen-bond acceptors (Lipinski definition) is 4. The SMILES string of the molecule is Cc1cc(OC2CCN(C(=O)c3c4ccc(Br)cc4nn3C)CC2)cc(=O)n1C. The first-order valence-corrected chi connectivity index (χ1v) is 10.4. The second-order valence-corrected chi connectivity index (χ2v) is 8.39. The van der Waals surface area contributed by atoms with Gasteiger partial charge in [0.15, 0.2) is 0 Å². The van der Waals surface area contributed by atoms with Gasteiger partial charge in [-0.25, -0.2) is 0 Å². The lowest BCUT2D eigenvalue weighted by Gasteiger charge is -2.32. The number of carbonyl (C=O) groups is 1. The molecule has 0 bridgehead atoms. The van der Waals surface area contributed by atoms with Crippen LogP contribution in [-0.4, -0.2) is 44.3 Å². The summed E-state index contributed by atoms with van der Waals surface area (Å²) in [6.45, 7) is 3.10. The van der Waals surface area contributed by atoms with Crippen molar-refractivity contribution in [2.75, 3.05) is 13.1 Å². The highest BCUT2D eigenvalue weighted by atomic mass is 79.9. The normalized spacial score (nSPS) is 15.1. The first-order chi connectivity index (χ1) is 13.8. The molecule has 29 heavy (non-hydrogen) atoms. The fraction of sp³-hybridized carbons (Fsp3) is 0.381. The molecule has 3 aromatic rings. The number of benzene rings is 1. The predicted molar refractivity (Wildman–Crippen MR) is 114 cm³/mol. The molecule has 7 nitrogen and oxygen atoms in total. The minimum absolute atomic E-state index is 0.00945. The Bertz CT molecular complexity index is 1140. The van der Waals surface area contributed by atoms with Gasteiger partial charge < -0.3 is 14.2 Å². The zero-order chi connectivity index (χ0) is 20.7. The molecule has 1 aliphatic heterocycles. The number of likely N-dealkylation sites (tertiary alicyclic amines) is 1. The molecule has 2 aromatic heterocycles. The zero-order valence-corrected chi connectivity index (χ0v) is 18.3. The molecule has 152 valence electrons. The third kappa shape index (κ3) is 3.81. The number of aromatic nitrogens is 3. The average molecular weight is 459 g/mol. The van der Waals surface area contributed by atoms with E-state index in [0.29, 0.717) is 24.5 Å². The minimum Gasteiger partial charge on any atom is -0.490 e. The summed E-state index contributed by atoms with van der Waals surface area (Å²) in [7, 11) is 3.54. The van der Waals surface area contributed by atoms with E-state index in [1.165, 1.54) is 6.07 Å². The second-order valence-electron chi connectivity index (χ2n) is 7.47. The first-order valence-electron chi connectivity index (χ1n) is 9.59. The second kappa shape index (κ2) is 7.67. The summed E-state index contributed by atoms with van der Waals surface area (Å²) in [4.78, 5) is 26.9. The number of pyridine rings is 1. The molecular weight excluding hydrogens is 436 g/mol. The molecule has 0 aliphatic carbocycles. The number of piperidine rings is 1. The number of hydrogen-bond donors (Lipinski definition) is 0. The Kier molecular flexibility index (Phi) is 5.21. The van der Waals surface area contributed by atoms with E-state index in [1.807, 2.05) is 36.1 Å². The van der Waals surface area contributed by atoms with E-state index in [0.717, 1.165) is 33.9 Å². The van der Waals surface area contributed by atoms with Crippen LogP contribution in [0.1, 0.15) is 29.0 Å². The lowest BCUT2D eigenvalue weighted by Crippen LogP contribution is -2.42. The van der Waals surface area contributed by atoms with Crippen LogP contribution in [0, 0.1) is 6.92 Å². The first kappa shape index (κ1) is 19.7. The molecule has 0 radical (unpaired) electrons. The van der Waals surface area contributed by atoms with E-state index >= 15 is 0 Å². The predicted octanol–water partition coefficient (Wildman–Crippen LogP) is 3.03. The molecule has 1 aromatic carbocycles. The third-order valence-electron chi connectivity index (χ3n) is 5.51. The van der Waals surface area contributed by atoms with Crippen LogP contribution in [0.2, 0.25) is 0 Å². The van der Waals surface area contributed by atoms with E-state index in [2.05, 4.69) is 21.0 Å². The molecule has 0 saturated carbocycles. The van der Waals surface area contributed by atoms with Crippen molar-refractivity contribution in [3.8, 4) is 5.75 Å². The van der Waals surface area contributed by atoms with Gasteiger partial charge in [-0.1, -0.05) is 15.9 Å². The van der Waals surface area contributed by atoms with Crippen molar-refractivity contribution in [2.45, 2.75) is 25.9 Å². The standard InChI is InChI=1S/C21H23BrN4O3/c1-13-10-16(12-19(27)24(13)2)29-15-6-8-26(9-7-15)21(28)20-17-5-4-14(22)11-18(17)23-25(20)3/h4-5,10-12,15H,6-9H2,1-3H3. The molecule has 1 amide bonds. The maximum atomic E-state index is 13.1. The summed E-state index contributed by atoms with van der Waals surface area (Å²) in [6, 6.07) is 9.16. The zero-order valence-electron chi connectivity index (χ0n) is 16.7. The van der Waals surface area contributed by atoms with Crippen LogP contribution < -0.4 is 10.3 Å². The van der Waals surface area contributed by atoms with E-state index < -0.39 is 0 Å². The van der Waals surface area contributed by atoms with E-state index in [9.17, 15) is 9.59 Å². The van der Waals surface area contributed by atoms with Crippen LogP contribution in [0.5, 0.6) is 5.75 Å². The largest absolute Gasteiger partial charge is 0.490 e. The van der Waals surface area contributed by atoms with Crippen molar-refractivity contribution in [3.05, 3.63) is 56.5 Å². The van der Waals surface area contributed by atoms with Crippen LogP contribution in [0.4, 0.5) is 0 Å². The number of halogens is 1. The Labute approximate surface area is 177 Å². The van der Waals surface area contributed by atoms with Gasteiger partial charge in [0, 0.05) is 61.6 Å². The number of amides is 1. The molecule has 1 aliphatic rings. The maximum absolute atomic E-state index is 13.1. The average Bonchev–Trinajstić information content (AvgIpc) is 3.00. The summed E-state index contributed by atoms with van der Waals surface area (Å²) in [5.41, 5.74) is 2.18. The number of nitrogens with zero attached hydrogens (tertiary/aromatic N) is 4. The molecule has 0 atom stereocenters. The lowest BCUT2D eigenvalue weighted by atomic mass is 10.1. The van der Waals surface area contributed by atoms with Crippen molar-refractivity contribution in [1.82, 2.24) is 19.2 Å². The number of rotatable bonds is 3. The van der Waals surface area contributed by atoms with Gasteiger partial charge >= 0.3 is 0 Å². The summed E-state index contributed by atoms with van der Waals surface area (Å²) in [5.74, 6) is 0.582. The molecule has 4 rings (SSSR count). The smallest absolute Gasteiger partial charge is 0.272 e. The van der Waals surface area contributed by atoms with Gasteiger partial charge in [0.1, 0.15) is 17.5 Å². The highest BCUT2D eigenvalue weighted by Gasteiger charge is 2.28. The van der Waals surface area contributed by atoms with Crippen molar-refractivity contribution in [1.29, 1.82) is 0 Å². The van der Waals surface area contributed by atoms with Crippen LogP contribution >= 0.6 is 15.9 Å². The van der Waals surface area contributed by atoms with E-state index in [-0.39, 0.29) is 17.6 Å². The maximum Gasteiger partial charge on any atom is 0.272 e. The Hall–Kier alpha value is -2.61. The lowest BCUT2D eigenvalue weighted by molar-refractivity contribution is 0.0587. The molecular formula is C21H23BrN4O3. The fourth-order valence-electron chi connectivity index (χ4n) is 3.75. The summed E-state index contributed by atoms with van der Waals surface area (Å²) >= 11 is 3.45. The topological polar surface area (TPSA) is 69.4 Å². The van der Waals surface area contributed by atoms with Crippen molar-refractivity contribution in [3.63, 3.8) is 0 Å². The van der Waals surface area contributed by atoms with Gasteiger partial charge in [0.25, 0.3) is 11.5 Å². The molecule has 8 heteroatoms. The van der Waals surface area contributed by atoms with Crippen LogP contribution in [0.3, 0.4) is 0 Å². The summed E-state index contributed by atoms with van der Waals surface area (Å²) in [5, 5.41) is 5.32. The molecule has 1 fully saturated rings. The van der Waals surface area contributed by atoms with Crippen LogP contribution in [-0.2, 0) is 14.1 Å². The van der Waals surface area contributed by atoms with Gasteiger partial charge in [0.05, 0.1) is 5.52 Å². The monoisotopic (exact) mass is 458 g/mol. The molecule has 0 N–H and O–H groups in total. The Morgan fingerprint density at radius 2 is 1.90 bits per heavy atom. The van der Waals surface area contributed by atoms with E-state index in [1.54, 1.807) is 23.3 Å². The van der Waals surface area contributed by atoms with E-state index in [4.69, 9.17) is 4.74 Å². The Balaban J connectivity index is 1.45. The van der Waals surface area contributed by atoms with Gasteiger partial charge in [-0.3, -0.25) is 14.3 Å². The molecule has 1 saturated heterocycles. The van der Waals surface area contributed by atoms with Crippen molar-refractivity contribution in [2.24, 2.45) is 14.1 Å². The molecule has 3 heterocycles. The highest BCUT2D eigenvalue weighted by molar-refractivity contribution is 9.10. The number of fused-ring (bicyclic) bond motifs is 1. The van der Waals surface area contributed by atoms with Crippen molar-refractivity contribution >= 4 is 32.7 Å². The molecule has 0 unspecified atom stereocenters. The quantitative estimate of drug-likeness (QED) is 0.604. The number of ether oxygens (including phenoxy) is 1. The minimum atomic E-state index is -0.0812. The van der Waals surface area contributed by atoms with Crippen molar-refractivity contribution < 1.29 is 9.53 Å². The Morgan fingerprint density at radius 3 is 2.59 bits per heavy atom. The van der Waals surface area contributed by atoms with Gasteiger partial charge in [-0.2, -0.15) is 5.10 Å². The Morgan fingerprint density at radius 1 is 1.17 bits per heavy atom. The summed E-state index contributed by atoms with van der Waals surface area (Å²) < 4.78 is 10.2. The van der Waals surface area contributed by atoms with Crippen LogP contribution in [0.25, 0.3) is 10.9 Å². The highest BCUT2D eigenvalue weighted by Crippen LogP contribution is 2.25.